The van der Waals surface area contributed by atoms with Crippen molar-refractivity contribution in [3.05, 3.63) is 35.4 Å². The summed E-state index contributed by atoms with van der Waals surface area (Å²) >= 11 is 0. The van der Waals surface area contributed by atoms with E-state index in [-0.39, 0.29) is 24.9 Å². The average molecular weight is 296 g/mol. The molecule has 21 heavy (non-hydrogen) atoms. The van der Waals surface area contributed by atoms with Gasteiger partial charge in [-0.15, -0.1) is 0 Å². The summed E-state index contributed by atoms with van der Waals surface area (Å²) in [6.45, 7) is 5.45. The fourth-order valence-corrected chi connectivity index (χ4v) is 2.35. The Hall–Kier alpha value is -1.98. The lowest BCUT2D eigenvalue weighted by atomic mass is 9.84. The first-order valence-corrected chi connectivity index (χ1v) is 6.70. The van der Waals surface area contributed by atoms with Crippen LogP contribution in [-0.4, -0.2) is 29.3 Å². The van der Waals surface area contributed by atoms with Crippen LogP contribution >= 0.6 is 0 Å². The number of nitrogens with zero attached hydrogens (tertiary/aromatic N) is 1. The Morgan fingerprint density at radius 2 is 1.76 bits per heavy atom. The van der Waals surface area contributed by atoms with E-state index in [0.717, 1.165) is 18.2 Å². The van der Waals surface area contributed by atoms with Gasteiger partial charge >= 0.3 is 0 Å². The van der Waals surface area contributed by atoms with Crippen LogP contribution in [0.4, 0.5) is 8.78 Å². The highest BCUT2D eigenvalue weighted by atomic mass is 19.1. The maximum absolute atomic E-state index is 13.2. The van der Waals surface area contributed by atoms with Gasteiger partial charge in [0, 0.05) is 12.6 Å². The maximum Gasteiger partial charge on any atom is 0.246 e. The molecule has 1 fully saturated rings. The molecule has 0 spiro atoms. The molecule has 1 aliphatic rings. The molecule has 6 heteroatoms. The quantitative estimate of drug-likeness (QED) is 0.905. The SMILES string of the molecule is CC(C)(C)C1NC(=O)CN(Cc2cc(F)cc(F)c2)C1=O. The molecule has 0 saturated carbocycles. The minimum absolute atomic E-state index is 0.00745. The van der Waals surface area contributed by atoms with Crippen LogP contribution < -0.4 is 5.32 Å². The zero-order valence-corrected chi connectivity index (χ0v) is 12.2. The van der Waals surface area contributed by atoms with Gasteiger partial charge in [0.1, 0.15) is 17.7 Å². The van der Waals surface area contributed by atoms with Crippen LogP contribution in [-0.2, 0) is 16.1 Å². The van der Waals surface area contributed by atoms with E-state index in [2.05, 4.69) is 5.32 Å². The molecular formula is C15H18F2N2O2. The first kappa shape index (κ1) is 15.4. The van der Waals surface area contributed by atoms with Crippen molar-refractivity contribution >= 4 is 11.8 Å². The molecule has 0 bridgehead atoms. The zero-order chi connectivity index (χ0) is 15.8. The van der Waals surface area contributed by atoms with Crippen LogP contribution in [0.2, 0.25) is 0 Å². The number of benzene rings is 1. The summed E-state index contributed by atoms with van der Waals surface area (Å²) in [4.78, 5) is 25.5. The zero-order valence-electron chi connectivity index (χ0n) is 12.2. The van der Waals surface area contributed by atoms with Crippen molar-refractivity contribution < 1.29 is 18.4 Å². The van der Waals surface area contributed by atoms with Crippen molar-refractivity contribution in [1.29, 1.82) is 0 Å². The summed E-state index contributed by atoms with van der Waals surface area (Å²) in [5, 5.41) is 2.67. The third-order valence-corrected chi connectivity index (χ3v) is 3.36. The Bertz CT molecular complexity index is 561. The second-order valence-electron chi connectivity index (χ2n) is 6.34. The van der Waals surface area contributed by atoms with Crippen LogP contribution in [0.15, 0.2) is 18.2 Å². The van der Waals surface area contributed by atoms with Gasteiger partial charge in [-0.05, 0) is 23.1 Å². The predicted molar refractivity (Wildman–Crippen MR) is 73.2 cm³/mol. The molecule has 2 rings (SSSR count). The van der Waals surface area contributed by atoms with E-state index in [4.69, 9.17) is 0 Å². The highest BCUT2D eigenvalue weighted by molar-refractivity contribution is 5.95. The molecule has 1 heterocycles. The van der Waals surface area contributed by atoms with E-state index < -0.39 is 23.1 Å². The summed E-state index contributed by atoms with van der Waals surface area (Å²) < 4.78 is 26.4. The van der Waals surface area contributed by atoms with Crippen LogP contribution in [0.3, 0.4) is 0 Å². The molecule has 1 aliphatic heterocycles. The Kier molecular flexibility index (Phi) is 3.98. The van der Waals surface area contributed by atoms with E-state index in [1.165, 1.54) is 4.90 Å². The number of amides is 2. The highest BCUT2D eigenvalue weighted by Gasteiger charge is 2.39. The Morgan fingerprint density at radius 3 is 2.29 bits per heavy atom. The molecule has 0 aromatic heterocycles. The van der Waals surface area contributed by atoms with Gasteiger partial charge in [-0.2, -0.15) is 0 Å². The molecule has 4 nitrogen and oxygen atoms in total. The Morgan fingerprint density at radius 1 is 1.19 bits per heavy atom. The first-order chi connectivity index (χ1) is 9.66. The van der Waals surface area contributed by atoms with Crippen LogP contribution in [0.25, 0.3) is 0 Å². The number of nitrogens with one attached hydrogen (secondary N) is 1. The summed E-state index contributed by atoms with van der Waals surface area (Å²) in [5.74, 6) is -1.92. The van der Waals surface area contributed by atoms with E-state index >= 15 is 0 Å². The minimum atomic E-state index is -0.703. The molecule has 1 unspecified atom stereocenters. The number of hydrogen-bond acceptors (Lipinski definition) is 2. The first-order valence-electron chi connectivity index (χ1n) is 6.70. The number of rotatable bonds is 2. The lowest BCUT2D eigenvalue weighted by Crippen LogP contribution is -2.61. The molecule has 1 saturated heterocycles. The van der Waals surface area contributed by atoms with Crippen molar-refractivity contribution in [2.45, 2.75) is 33.4 Å². The molecule has 0 radical (unpaired) electrons. The largest absolute Gasteiger partial charge is 0.342 e. The van der Waals surface area contributed by atoms with Gasteiger partial charge in [-0.25, -0.2) is 8.78 Å². The van der Waals surface area contributed by atoms with Crippen LogP contribution in [0, 0.1) is 17.0 Å². The van der Waals surface area contributed by atoms with Gasteiger partial charge in [0.25, 0.3) is 0 Å². The third kappa shape index (κ3) is 3.56. The normalized spacial score (nSPS) is 19.7. The third-order valence-electron chi connectivity index (χ3n) is 3.36. The van der Waals surface area contributed by atoms with Crippen LogP contribution in [0.1, 0.15) is 26.3 Å². The molecule has 1 aromatic rings. The van der Waals surface area contributed by atoms with E-state index in [1.807, 2.05) is 20.8 Å². The highest BCUT2D eigenvalue weighted by Crippen LogP contribution is 2.24. The van der Waals surface area contributed by atoms with Crippen molar-refractivity contribution in [2.75, 3.05) is 6.54 Å². The van der Waals surface area contributed by atoms with Gasteiger partial charge in [0.15, 0.2) is 0 Å². The lowest BCUT2D eigenvalue weighted by molar-refractivity contribution is -0.147. The van der Waals surface area contributed by atoms with E-state index in [1.54, 1.807) is 0 Å². The van der Waals surface area contributed by atoms with Crippen molar-refractivity contribution in [1.82, 2.24) is 10.2 Å². The van der Waals surface area contributed by atoms with Gasteiger partial charge in [-0.3, -0.25) is 9.59 Å². The van der Waals surface area contributed by atoms with E-state index in [9.17, 15) is 18.4 Å². The summed E-state index contributed by atoms with van der Waals surface area (Å²) in [6.07, 6.45) is 0. The molecule has 0 aliphatic carbocycles. The van der Waals surface area contributed by atoms with Gasteiger partial charge in [0.2, 0.25) is 11.8 Å². The van der Waals surface area contributed by atoms with Crippen molar-refractivity contribution in [2.24, 2.45) is 5.41 Å². The maximum atomic E-state index is 13.2. The molecule has 114 valence electrons. The van der Waals surface area contributed by atoms with Gasteiger partial charge in [-0.1, -0.05) is 20.8 Å². The second kappa shape index (κ2) is 5.42. The van der Waals surface area contributed by atoms with Crippen LogP contribution in [0.5, 0.6) is 0 Å². The number of carbonyl (C=O) groups is 2. The molecule has 2 amide bonds. The van der Waals surface area contributed by atoms with Crippen molar-refractivity contribution in [3.63, 3.8) is 0 Å². The summed E-state index contributed by atoms with van der Waals surface area (Å²) in [5.41, 5.74) is -0.110. The number of hydrogen-bond donors (Lipinski definition) is 1. The summed E-state index contributed by atoms with van der Waals surface area (Å²) in [7, 11) is 0. The van der Waals surface area contributed by atoms with Crippen molar-refractivity contribution in [3.8, 4) is 0 Å². The molecule has 1 aromatic carbocycles. The number of piperazine rings is 1. The minimum Gasteiger partial charge on any atom is -0.342 e. The summed E-state index contributed by atoms with van der Waals surface area (Å²) in [6, 6.07) is 2.45. The standard InChI is InChI=1S/C15H18F2N2O2/c1-15(2,3)13-14(21)19(8-12(20)18-13)7-9-4-10(16)6-11(17)5-9/h4-6,13H,7-8H2,1-3H3,(H,18,20). The Balaban J connectivity index is 2.22. The topological polar surface area (TPSA) is 49.4 Å². The fourth-order valence-electron chi connectivity index (χ4n) is 2.35. The number of carbonyl (C=O) groups excluding carboxylic acids is 2. The fraction of sp³-hybridized carbons (Fsp3) is 0.467. The lowest BCUT2D eigenvalue weighted by Gasteiger charge is -2.38. The number of halogens is 2. The molecule has 1 atom stereocenters. The predicted octanol–water partition coefficient (Wildman–Crippen LogP) is 1.84. The van der Waals surface area contributed by atoms with E-state index in [0.29, 0.717) is 5.56 Å². The second-order valence-corrected chi connectivity index (χ2v) is 6.34. The molecule has 1 N–H and O–H groups in total. The Labute approximate surface area is 122 Å². The average Bonchev–Trinajstić information content (AvgIpc) is 2.30. The smallest absolute Gasteiger partial charge is 0.246 e. The van der Waals surface area contributed by atoms with Gasteiger partial charge < -0.3 is 10.2 Å². The molecular weight excluding hydrogens is 278 g/mol. The van der Waals surface area contributed by atoms with Gasteiger partial charge in [0.05, 0.1) is 6.54 Å². The monoisotopic (exact) mass is 296 g/mol.